The maximum absolute atomic E-state index is 13.4. The zero-order chi connectivity index (χ0) is 18.7. The van der Waals surface area contributed by atoms with Crippen LogP contribution in [0.4, 0.5) is 25.2 Å². The van der Waals surface area contributed by atoms with Crippen molar-refractivity contribution in [2.75, 3.05) is 35.8 Å². The van der Waals surface area contributed by atoms with Gasteiger partial charge >= 0.3 is 6.09 Å². The molecule has 1 aromatic heterocycles. The molecule has 10 heteroatoms. The van der Waals surface area contributed by atoms with E-state index < -0.39 is 18.1 Å². The van der Waals surface area contributed by atoms with Gasteiger partial charge < -0.3 is 14.7 Å². The van der Waals surface area contributed by atoms with Crippen molar-refractivity contribution in [1.82, 2.24) is 9.97 Å². The predicted molar refractivity (Wildman–Crippen MR) is 95.2 cm³/mol. The number of rotatable bonds is 4. The minimum absolute atomic E-state index is 0.0262. The topological polar surface area (TPSA) is 78.8 Å². The van der Waals surface area contributed by atoms with Gasteiger partial charge in [0.1, 0.15) is 23.4 Å². The van der Waals surface area contributed by atoms with E-state index in [0.29, 0.717) is 25.5 Å². The monoisotopic (exact) mass is 388 g/mol. The lowest BCUT2D eigenvalue weighted by Crippen LogP contribution is -2.45. The fraction of sp³-hybridized carbons (Fsp3) is 0.688. The molecule has 1 aliphatic carbocycles. The lowest BCUT2D eigenvalue weighted by atomic mass is 9.91. The first-order valence-corrected chi connectivity index (χ1v) is 9.80. The number of morpholine rings is 1. The summed E-state index contributed by atoms with van der Waals surface area (Å²) in [5, 5.41) is 9.63. The molecule has 1 atom stereocenters. The zero-order valence-corrected chi connectivity index (χ0v) is 15.3. The molecule has 1 saturated heterocycles. The average molecular weight is 388 g/mol. The molecule has 144 valence electrons. The molecule has 1 aliphatic heterocycles. The van der Waals surface area contributed by atoms with Gasteiger partial charge in [0.05, 0.1) is 13.2 Å². The second kappa shape index (κ2) is 7.91. The first-order chi connectivity index (χ1) is 12.4. The molecule has 2 fully saturated rings. The summed E-state index contributed by atoms with van der Waals surface area (Å²) in [5.41, 5.74) is 0.0262. The largest absolute Gasteiger partial charge is 0.465 e. The van der Waals surface area contributed by atoms with Gasteiger partial charge in [-0.3, -0.25) is 4.90 Å². The van der Waals surface area contributed by atoms with Crippen LogP contribution in [0.1, 0.15) is 25.7 Å². The molecule has 7 nitrogen and oxygen atoms in total. The van der Waals surface area contributed by atoms with Crippen molar-refractivity contribution in [1.29, 1.82) is 0 Å². The number of anilines is 2. The number of carbonyl (C=O) groups is 1. The van der Waals surface area contributed by atoms with Gasteiger partial charge in [0.2, 0.25) is 5.92 Å². The molecule has 1 unspecified atom stereocenters. The number of ether oxygens (including phenoxy) is 1. The maximum Gasteiger partial charge on any atom is 0.413 e. The Labute approximate surface area is 154 Å². The number of thioether (sulfide) groups is 1. The molecule has 1 aromatic rings. The molecule has 2 aliphatic rings. The Morgan fingerprint density at radius 1 is 1.42 bits per heavy atom. The highest BCUT2D eigenvalue weighted by atomic mass is 32.2. The van der Waals surface area contributed by atoms with Crippen molar-refractivity contribution in [3.8, 4) is 0 Å². The highest BCUT2D eigenvalue weighted by molar-refractivity contribution is 7.99. The lowest BCUT2D eigenvalue weighted by molar-refractivity contribution is -0.0379. The predicted octanol–water partition coefficient (Wildman–Crippen LogP) is 3.06. The van der Waals surface area contributed by atoms with Crippen LogP contribution in [-0.4, -0.2) is 64.5 Å². The SMILES string of the molecule is CSC1CN(c2cc(N(C(=O)O)C3CCC(F)(F)CC3)ncn2)CCO1. The van der Waals surface area contributed by atoms with E-state index in [1.54, 1.807) is 17.8 Å². The standard InChI is InChI=1S/C16H22F2N4O3S/c1-26-14-9-21(6-7-25-14)12-8-13(20-10-19-12)22(15(23)24)11-2-4-16(17,18)5-3-11/h8,10-11,14H,2-7,9H2,1H3,(H,23,24). The van der Waals surface area contributed by atoms with E-state index in [0.717, 1.165) is 4.90 Å². The second-order valence-corrected chi connectivity index (χ2v) is 7.45. The molecule has 0 aromatic carbocycles. The van der Waals surface area contributed by atoms with Crippen molar-refractivity contribution in [3.63, 3.8) is 0 Å². The van der Waals surface area contributed by atoms with Crippen molar-refractivity contribution in [2.24, 2.45) is 0 Å². The van der Waals surface area contributed by atoms with Crippen LogP contribution in [0, 0.1) is 0 Å². The van der Waals surface area contributed by atoms with E-state index in [9.17, 15) is 18.7 Å². The third-order valence-electron chi connectivity index (χ3n) is 4.76. The van der Waals surface area contributed by atoms with E-state index in [1.807, 2.05) is 11.2 Å². The third-order valence-corrected chi connectivity index (χ3v) is 5.58. The Balaban J connectivity index is 1.79. The Bertz CT molecular complexity index is 642. The normalized spacial score (nSPS) is 23.7. The Hall–Kier alpha value is -1.68. The van der Waals surface area contributed by atoms with Gasteiger partial charge in [0.25, 0.3) is 0 Å². The molecular weight excluding hydrogens is 366 g/mol. The molecule has 3 rings (SSSR count). The van der Waals surface area contributed by atoms with Gasteiger partial charge in [-0.1, -0.05) is 0 Å². The van der Waals surface area contributed by atoms with E-state index in [4.69, 9.17) is 4.74 Å². The van der Waals surface area contributed by atoms with Crippen LogP contribution < -0.4 is 9.80 Å². The van der Waals surface area contributed by atoms with Gasteiger partial charge in [0.15, 0.2) is 0 Å². The van der Waals surface area contributed by atoms with Gasteiger partial charge in [-0.25, -0.2) is 23.5 Å². The van der Waals surface area contributed by atoms with Crippen molar-refractivity contribution in [3.05, 3.63) is 12.4 Å². The molecule has 2 heterocycles. The summed E-state index contributed by atoms with van der Waals surface area (Å²) in [7, 11) is 0. The van der Waals surface area contributed by atoms with Crippen LogP contribution in [0.3, 0.4) is 0 Å². The highest BCUT2D eigenvalue weighted by Gasteiger charge is 2.39. The Kier molecular flexibility index (Phi) is 5.81. The molecule has 0 radical (unpaired) electrons. The van der Waals surface area contributed by atoms with Gasteiger partial charge in [-0.05, 0) is 19.1 Å². The number of nitrogens with zero attached hydrogens (tertiary/aromatic N) is 4. The first-order valence-electron chi connectivity index (χ1n) is 8.51. The third kappa shape index (κ3) is 4.35. The molecule has 1 N–H and O–H groups in total. The number of hydrogen-bond acceptors (Lipinski definition) is 6. The molecule has 0 spiro atoms. The Morgan fingerprint density at radius 2 is 2.15 bits per heavy atom. The zero-order valence-electron chi connectivity index (χ0n) is 14.5. The van der Waals surface area contributed by atoms with Crippen LogP contribution in [0.5, 0.6) is 0 Å². The smallest absolute Gasteiger partial charge is 0.413 e. The van der Waals surface area contributed by atoms with E-state index in [2.05, 4.69) is 9.97 Å². The summed E-state index contributed by atoms with van der Waals surface area (Å²) in [5.74, 6) is -1.87. The number of amides is 1. The number of alkyl halides is 2. The summed E-state index contributed by atoms with van der Waals surface area (Å²) < 4.78 is 32.4. The van der Waals surface area contributed by atoms with Crippen molar-refractivity contribution < 1.29 is 23.4 Å². The van der Waals surface area contributed by atoms with E-state index >= 15 is 0 Å². The fourth-order valence-electron chi connectivity index (χ4n) is 3.34. The summed E-state index contributed by atoms with van der Waals surface area (Å²) in [6, 6.07) is 1.11. The van der Waals surface area contributed by atoms with Crippen LogP contribution >= 0.6 is 11.8 Å². The van der Waals surface area contributed by atoms with Crippen LogP contribution in [0.15, 0.2) is 12.4 Å². The second-order valence-electron chi connectivity index (χ2n) is 6.46. The summed E-state index contributed by atoms with van der Waals surface area (Å²) >= 11 is 1.60. The van der Waals surface area contributed by atoms with Crippen molar-refractivity contribution >= 4 is 29.5 Å². The molecule has 1 saturated carbocycles. The quantitative estimate of drug-likeness (QED) is 0.849. The van der Waals surface area contributed by atoms with Crippen LogP contribution in [-0.2, 0) is 4.74 Å². The Morgan fingerprint density at radius 3 is 2.81 bits per heavy atom. The van der Waals surface area contributed by atoms with Gasteiger partial charge in [-0.15, -0.1) is 11.8 Å². The molecule has 1 amide bonds. The van der Waals surface area contributed by atoms with Crippen LogP contribution in [0.2, 0.25) is 0 Å². The lowest BCUT2D eigenvalue weighted by Gasteiger charge is -2.35. The number of hydrogen-bond donors (Lipinski definition) is 1. The van der Waals surface area contributed by atoms with Gasteiger partial charge in [-0.2, -0.15) is 0 Å². The number of carboxylic acid groups (broad SMARTS) is 1. The summed E-state index contributed by atoms with van der Waals surface area (Å²) in [6.45, 7) is 1.85. The molecule has 26 heavy (non-hydrogen) atoms. The number of halogens is 2. The average Bonchev–Trinajstić information content (AvgIpc) is 2.63. The van der Waals surface area contributed by atoms with Crippen molar-refractivity contribution in [2.45, 2.75) is 43.1 Å². The minimum Gasteiger partial charge on any atom is -0.465 e. The first kappa shape index (κ1) is 19.1. The van der Waals surface area contributed by atoms with E-state index in [-0.39, 0.29) is 36.9 Å². The van der Waals surface area contributed by atoms with Crippen LogP contribution in [0.25, 0.3) is 0 Å². The fourth-order valence-corrected chi connectivity index (χ4v) is 3.90. The molecule has 0 bridgehead atoms. The summed E-state index contributed by atoms with van der Waals surface area (Å²) in [4.78, 5) is 23.3. The maximum atomic E-state index is 13.4. The highest BCUT2D eigenvalue weighted by Crippen LogP contribution is 2.36. The van der Waals surface area contributed by atoms with E-state index in [1.165, 1.54) is 6.33 Å². The summed E-state index contributed by atoms with van der Waals surface area (Å²) in [6.07, 6.45) is 1.71. The van der Waals surface area contributed by atoms with Gasteiger partial charge in [0, 0.05) is 31.5 Å². The molecular formula is C16H22F2N4O3S. The number of aromatic nitrogens is 2. The minimum atomic E-state index is -2.71.